The summed E-state index contributed by atoms with van der Waals surface area (Å²) in [5.74, 6) is -0.104. The number of nitrogens with two attached hydrogens (primary N) is 1. The molecule has 1 amide bonds. The zero-order valence-electron chi connectivity index (χ0n) is 11.5. The van der Waals surface area contributed by atoms with Crippen LogP contribution in [0.1, 0.15) is 24.0 Å². The van der Waals surface area contributed by atoms with E-state index in [9.17, 15) is 4.79 Å². The minimum atomic E-state index is -0.147. The molecule has 2 rings (SSSR count). The van der Waals surface area contributed by atoms with Gasteiger partial charge in [0, 0.05) is 17.8 Å². The first-order valence-electron chi connectivity index (χ1n) is 5.91. The van der Waals surface area contributed by atoms with Crippen molar-refractivity contribution in [3.63, 3.8) is 0 Å². The monoisotopic (exact) mass is 332 g/mol. The first-order valence-corrected chi connectivity index (χ1v) is 7.60. The van der Waals surface area contributed by atoms with Crippen LogP contribution in [0, 0.1) is 13.8 Å². The highest BCUT2D eigenvalue weighted by Crippen LogP contribution is 2.31. The number of nitrogens with one attached hydrogen (secondary N) is 1. The standard InChI is InChI=1S/C12H16N4OS2.ClH/c1-6(13)4-10(17)16-12-15-9(5-18-12)11-7(2)14-8(3)19-11;/h5-6H,4,13H2,1-3H3,(H,15,16,17);1H. The summed E-state index contributed by atoms with van der Waals surface area (Å²) < 4.78 is 0. The lowest BCUT2D eigenvalue weighted by Gasteiger charge is -2.03. The molecule has 2 heterocycles. The molecule has 2 aromatic rings. The summed E-state index contributed by atoms with van der Waals surface area (Å²) in [4.78, 5) is 21.5. The number of carbonyl (C=O) groups excluding carboxylic acids is 1. The SMILES string of the molecule is Cc1nc(C)c(-c2csc(NC(=O)CC(C)N)n2)s1.Cl. The maximum absolute atomic E-state index is 11.6. The third-order valence-corrected chi connectivity index (χ3v) is 4.25. The molecular weight excluding hydrogens is 316 g/mol. The molecule has 0 saturated heterocycles. The van der Waals surface area contributed by atoms with Gasteiger partial charge in [0.25, 0.3) is 0 Å². The van der Waals surface area contributed by atoms with E-state index >= 15 is 0 Å². The van der Waals surface area contributed by atoms with Gasteiger partial charge in [0.2, 0.25) is 5.91 Å². The third-order valence-electron chi connectivity index (χ3n) is 2.39. The topological polar surface area (TPSA) is 80.9 Å². The molecule has 0 aliphatic carbocycles. The van der Waals surface area contributed by atoms with Crippen molar-refractivity contribution in [2.75, 3.05) is 5.32 Å². The lowest BCUT2D eigenvalue weighted by atomic mass is 10.2. The van der Waals surface area contributed by atoms with Gasteiger partial charge in [-0.15, -0.1) is 35.1 Å². The lowest BCUT2D eigenvalue weighted by Crippen LogP contribution is -2.23. The largest absolute Gasteiger partial charge is 0.327 e. The molecule has 5 nitrogen and oxygen atoms in total. The fourth-order valence-corrected chi connectivity index (χ4v) is 3.34. The molecule has 20 heavy (non-hydrogen) atoms. The Morgan fingerprint density at radius 2 is 2.15 bits per heavy atom. The lowest BCUT2D eigenvalue weighted by molar-refractivity contribution is -0.116. The van der Waals surface area contributed by atoms with Gasteiger partial charge in [-0.2, -0.15) is 0 Å². The minimum Gasteiger partial charge on any atom is -0.327 e. The van der Waals surface area contributed by atoms with Crippen molar-refractivity contribution >= 4 is 46.1 Å². The Morgan fingerprint density at radius 3 is 2.70 bits per heavy atom. The summed E-state index contributed by atoms with van der Waals surface area (Å²) in [5, 5.41) is 6.31. The van der Waals surface area contributed by atoms with Crippen LogP contribution in [0.15, 0.2) is 5.38 Å². The van der Waals surface area contributed by atoms with Crippen molar-refractivity contribution in [1.82, 2.24) is 9.97 Å². The summed E-state index contributed by atoms with van der Waals surface area (Å²) in [7, 11) is 0. The maximum Gasteiger partial charge on any atom is 0.227 e. The number of hydrogen-bond donors (Lipinski definition) is 2. The molecule has 1 unspecified atom stereocenters. The number of amides is 1. The van der Waals surface area contributed by atoms with Gasteiger partial charge in [-0.25, -0.2) is 9.97 Å². The van der Waals surface area contributed by atoms with E-state index in [1.165, 1.54) is 11.3 Å². The Hall–Kier alpha value is -1.02. The normalized spacial score (nSPS) is 11.8. The van der Waals surface area contributed by atoms with Gasteiger partial charge in [0.15, 0.2) is 5.13 Å². The first kappa shape index (κ1) is 17.0. The van der Waals surface area contributed by atoms with Crippen molar-refractivity contribution in [3.8, 4) is 10.6 Å². The summed E-state index contributed by atoms with van der Waals surface area (Å²) in [5.41, 5.74) is 7.42. The Balaban J connectivity index is 0.00000200. The van der Waals surface area contributed by atoms with Gasteiger partial charge >= 0.3 is 0 Å². The highest BCUT2D eigenvalue weighted by Gasteiger charge is 2.13. The number of thiazole rings is 2. The van der Waals surface area contributed by atoms with Gasteiger partial charge in [-0.1, -0.05) is 0 Å². The molecular formula is C12H17ClN4OS2. The molecule has 2 aromatic heterocycles. The summed E-state index contributed by atoms with van der Waals surface area (Å²) in [6.07, 6.45) is 0.299. The Bertz CT molecular complexity index is 594. The average Bonchev–Trinajstić information content (AvgIpc) is 2.84. The predicted molar refractivity (Wildman–Crippen MR) is 86.8 cm³/mol. The number of aromatic nitrogens is 2. The van der Waals surface area contributed by atoms with E-state index in [4.69, 9.17) is 5.73 Å². The molecule has 110 valence electrons. The molecule has 3 N–H and O–H groups in total. The van der Waals surface area contributed by atoms with E-state index in [-0.39, 0.29) is 24.4 Å². The number of nitrogens with zero attached hydrogens (tertiary/aromatic N) is 2. The second kappa shape index (κ2) is 7.12. The van der Waals surface area contributed by atoms with Gasteiger partial charge in [0.05, 0.1) is 21.3 Å². The quantitative estimate of drug-likeness (QED) is 0.901. The summed E-state index contributed by atoms with van der Waals surface area (Å²) >= 11 is 3.02. The Kier molecular flexibility index (Phi) is 6.07. The van der Waals surface area contributed by atoms with Crippen molar-refractivity contribution < 1.29 is 4.79 Å². The van der Waals surface area contributed by atoms with Crippen molar-refractivity contribution in [2.45, 2.75) is 33.2 Å². The molecule has 0 saturated carbocycles. The second-order valence-corrected chi connectivity index (χ2v) is 6.48. The van der Waals surface area contributed by atoms with Crippen LogP contribution >= 0.6 is 35.1 Å². The van der Waals surface area contributed by atoms with Crippen LogP contribution in [0.5, 0.6) is 0 Å². The Morgan fingerprint density at radius 1 is 1.45 bits per heavy atom. The van der Waals surface area contributed by atoms with Gasteiger partial charge in [0.1, 0.15) is 0 Å². The second-order valence-electron chi connectivity index (χ2n) is 4.41. The maximum atomic E-state index is 11.6. The van der Waals surface area contributed by atoms with Crippen molar-refractivity contribution in [3.05, 3.63) is 16.1 Å². The molecule has 0 spiro atoms. The van der Waals surface area contributed by atoms with Crippen molar-refractivity contribution in [1.29, 1.82) is 0 Å². The van der Waals surface area contributed by atoms with Crippen LogP contribution in [-0.4, -0.2) is 21.9 Å². The number of carbonyl (C=O) groups is 1. The number of halogens is 1. The molecule has 0 aliphatic heterocycles. The van der Waals surface area contributed by atoms with Crippen LogP contribution in [0.4, 0.5) is 5.13 Å². The fraction of sp³-hybridized carbons (Fsp3) is 0.417. The zero-order chi connectivity index (χ0) is 14.0. The summed E-state index contributed by atoms with van der Waals surface area (Å²) in [6, 6.07) is -0.147. The summed E-state index contributed by atoms with van der Waals surface area (Å²) in [6.45, 7) is 5.74. The van der Waals surface area contributed by atoms with E-state index in [0.29, 0.717) is 11.6 Å². The van der Waals surface area contributed by atoms with Crippen LogP contribution in [-0.2, 0) is 4.79 Å². The molecule has 8 heteroatoms. The highest BCUT2D eigenvalue weighted by molar-refractivity contribution is 7.16. The van der Waals surface area contributed by atoms with Crippen LogP contribution in [0.25, 0.3) is 10.6 Å². The number of hydrogen-bond acceptors (Lipinski definition) is 6. The van der Waals surface area contributed by atoms with E-state index < -0.39 is 0 Å². The average molecular weight is 333 g/mol. The van der Waals surface area contributed by atoms with Gasteiger partial charge in [-0.05, 0) is 20.8 Å². The van der Waals surface area contributed by atoms with Gasteiger partial charge in [-0.3, -0.25) is 4.79 Å². The molecule has 1 atom stereocenters. The van der Waals surface area contributed by atoms with E-state index in [1.54, 1.807) is 18.3 Å². The fourth-order valence-electron chi connectivity index (χ4n) is 1.67. The van der Waals surface area contributed by atoms with Crippen LogP contribution in [0.2, 0.25) is 0 Å². The minimum absolute atomic E-state index is 0. The van der Waals surface area contributed by atoms with E-state index in [2.05, 4.69) is 15.3 Å². The number of anilines is 1. The predicted octanol–water partition coefficient (Wildman–Crippen LogP) is 2.98. The smallest absolute Gasteiger partial charge is 0.227 e. The highest BCUT2D eigenvalue weighted by atomic mass is 35.5. The van der Waals surface area contributed by atoms with Gasteiger partial charge < -0.3 is 11.1 Å². The van der Waals surface area contributed by atoms with E-state index in [1.807, 2.05) is 19.2 Å². The van der Waals surface area contributed by atoms with Crippen LogP contribution < -0.4 is 11.1 Å². The zero-order valence-corrected chi connectivity index (χ0v) is 13.9. The Labute approximate surface area is 132 Å². The molecule has 0 fully saturated rings. The number of aryl methyl sites for hydroxylation is 2. The number of rotatable bonds is 4. The molecule has 0 bridgehead atoms. The molecule has 0 aliphatic rings. The third kappa shape index (κ3) is 4.24. The van der Waals surface area contributed by atoms with E-state index in [0.717, 1.165) is 21.3 Å². The van der Waals surface area contributed by atoms with Crippen LogP contribution in [0.3, 0.4) is 0 Å². The molecule has 0 aromatic carbocycles. The first-order chi connectivity index (χ1) is 8.95. The molecule has 0 radical (unpaired) electrons. The van der Waals surface area contributed by atoms with Crippen molar-refractivity contribution in [2.24, 2.45) is 5.73 Å².